The highest BCUT2D eigenvalue weighted by atomic mass is 31.2. The Balaban J connectivity index is 1.34. The van der Waals surface area contributed by atoms with Crippen LogP contribution in [0.15, 0.2) is 85.2 Å². The first-order valence-electron chi connectivity index (χ1n) is 12.7. The maximum Gasteiger partial charge on any atom is 0.342 e. The summed E-state index contributed by atoms with van der Waals surface area (Å²) < 4.78 is 53.1. The molecule has 3 N–H and O–H groups in total. The van der Waals surface area contributed by atoms with E-state index in [2.05, 4.69) is 20.0 Å². The normalized spacial score (nSPS) is 18.9. The average Bonchev–Trinajstić information content (AvgIpc) is 3.56. The fourth-order valence-corrected chi connectivity index (χ4v) is 5.85. The standard InChI is InChI=1S/C27H28FN6O6P/c1-2-37-27(35)21(13-18-9-5-3-6-10-18)33-41(36,40-19-11-7-4-8-12-19)17-38-22-14-20(28)26(39-22)34-16-32-23-24(29)30-15-31-25(23)34/h3-12,14-16,21-22,26H,2,13,17H2,1H3,(H,33,36)(H2,29,30,31)/t21?,22-,26+,41?/m0/s1. The minimum Gasteiger partial charge on any atom is -0.465 e. The van der Waals surface area contributed by atoms with E-state index >= 15 is 0 Å². The van der Waals surface area contributed by atoms with Crippen LogP contribution in [0.25, 0.3) is 11.2 Å². The lowest BCUT2D eigenvalue weighted by Gasteiger charge is -2.26. The molecule has 14 heteroatoms. The Bertz CT molecular complexity index is 1570. The molecule has 4 aromatic rings. The third-order valence-electron chi connectivity index (χ3n) is 6.05. The number of fused-ring (bicyclic) bond motifs is 1. The molecular weight excluding hydrogens is 554 g/mol. The number of carbonyl (C=O) groups excluding carboxylic acids is 1. The van der Waals surface area contributed by atoms with Gasteiger partial charge in [0.1, 0.15) is 23.6 Å². The predicted molar refractivity (Wildman–Crippen MR) is 147 cm³/mol. The maximum absolute atomic E-state index is 15.0. The topological polar surface area (TPSA) is 153 Å². The van der Waals surface area contributed by atoms with Crippen LogP contribution >= 0.6 is 7.52 Å². The number of carbonyl (C=O) groups is 1. The van der Waals surface area contributed by atoms with E-state index < -0.39 is 44.2 Å². The summed E-state index contributed by atoms with van der Waals surface area (Å²) in [6.07, 6.45) is 0.798. The molecule has 0 aliphatic carbocycles. The molecule has 2 aromatic carbocycles. The molecule has 5 rings (SSSR count). The van der Waals surface area contributed by atoms with Gasteiger partial charge in [-0.05, 0) is 31.0 Å². The molecule has 0 spiro atoms. The minimum atomic E-state index is -3.97. The number of para-hydroxylation sites is 1. The SMILES string of the molecule is CCOC(=O)C(Cc1ccccc1)NP(=O)(CO[C@@H]1C=C(F)[C@H](n2cnc3c(N)ncnc32)O1)Oc1ccccc1. The molecule has 0 amide bonds. The van der Waals surface area contributed by atoms with Gasteiger partial charge in [0.15, 0.2) is 36.2 Å². The van der Waals surface area contributed by atoms with Crippen LogP contribution in [0.1, 0.15) is 18.7 Å². The van der Waals surface area contributed by atoms with Crippen molar-refractivity contribution in [3.05, 3.63) is 90.8 Å². The van der Waals surface area contributed by atoms with E-state index in [-0.39, 0.29) is 30.2 Å². The minimum absolute atomic E-state index is 0.132. The number of imidazole rings is 1. The number of rotatable bonds is 12. The number of nitrogens with one attached hydrogen (secondary N) is 1. The zero-order chi connectivity index (χ0) is 28.8. The average molecular weight is 583 g/mol. The summed E-state index contributed by atoms with van der Waals surface area (Å²) in [5.74, 6) is -0.861. The van der Waals surface area contributed by atoms with Crippen LogP contribution in [0.2, 0.25) is 0 Å². The molecule has 0 bridgehead atoms. The summed E-state index contributed by atoms with van der Waals surface area (Å²) in [5.41, 5.74) is 7.21. The molecule has 2 aromatic heterocycles. The van der Waals surface area contributed by atoms with Gasteiger partial charge in [-0.2, -0.15) is 0 Å². The third kappa shape index (κ3) is 6.77. The van der Waals surface area contributed by atoms with Gasteiger partial charge >= 0.3 is 13.5 Å². The first-order valence-corrected chi connectivity index (χ1v) is 14.6. The van der Waals surface area contributed by atoms with Crippen molar-refractivity contribution in [2.75, 3.05) is 18.7 Å². The maximum atomic E-state index is 15.0. The lowest BCUT2D eigenvalue weighted by atomic mass is 10.1. The van der Waals surface area contributed by atoms with Crippen molar-refractivity contribution in [3.8, 4) is 5.75 Å². The van der Waals surface area contributed by atoms with Crippen LogP contribution in [0, 0.1) is 0 Å². The highest BCUT2D eigenvalue weighted by Gasteiger charge is 2.37. The molecular formula is C27H28FN6O6P. The van der Waals surface area contributed by atoms with Crippen molar-refractivity contribution >= 4 is 30.5 Å². The summed E-state index contributed by atoms with van der Waals surface area (Å²) >= 11 is 0. The lowest BCUT2D eigenvalue weighted by Crippen LogP contribution is -2.40. The second-order valence-electron chi connectivity index (χ2n) is 8.99. The van der Waals surface area contributed by atoms with Gasteiger partial charge in [-0.25, -0.2) is 24.4 Å². The molecule has 12 nitrogen and oxygen atoms in total. The molecule has 1 aliphatic heterocycles. The summed E-state index contributed by atoms with van der Waals surface area (Å²) in [6.45, 7) is 1.81. The van der Waals surface area contributed by atoms with Gasteiger partial charge in [0.2, 0.25) is 0 Å². The zero-order valence-corrected chi connectivity index (χ0v) is 22.9. The number of halogens is 1. The Hall–Kier alpha value is -4.16. The molecule has 3 heterocycles. The van der Waals surface area contributed by atoms with Crippen LogP contribution in [-0.4, -0.2) is 50.8 Å². The highest BCUT2D eigenvalue weighted by molar-refractivity contribution is 7.57. The van der Waals surface area contributed by atoms with Gasteiger partial charge in [-0.15, -0.1) is 0 Å². The molecule has 1 aliphatic rings. The quantitative estimate of drug-likeness (QED) is 0.183. The fourth-order valence-electron chi connectivity index (χ4n) is 4.20. The second kappa shape index (κ2) is 12.6. The zero-order valence-electron chi connectivity index (χ0n) is 22.0. The number of benzene rings is 2. The number of nitrogens with two attached hydrogens (primary N) is 1. The Labute approximate surface area is 234 Å². The summed E-state index contributed by atoms with van der Waals surface area (Å²) in [7, 11) is -3.97. The van der Waals surface area contributed by atoms with Crippen LogP contribution in [-0.2, 0) is 30.0 Å². The van der Waals surface area contributed by atoms with E-state index in [0.29, 0.717) is 5.52 Å². The molecule has 0 saturated heterocycles. The van der Waals surface area contributed by atoms with Gasteiger partial charge in [0.05, 0.1) is 12.9 Å². The van der Waals surface area contributed by atoms with Crippen LogP contribution in [0.5, 0.6) is 5.75 Å². The smallest absolute Gasteiger partial charge is 0.342 e. The highest BCUT2D eigenvalue weighted by Crippen LogP contribution is 2.45. The van der Waals surface area contributed by atoms with E-state index in [1.807, 2.05) is 30.3 Å². The molecule has 0 saturated carbocycles. The number of ether oxygens (including phenoxy) is 3. The van der Waals surface area contributed by atoms with E-state index in [9.17, 15) is 13.8 Å². The van der Waals surface area contributed by atoms with Crippen molar-refractivity contribution in [2.24, 2.45) is 0 Å². The van der Waals surface area contributed by atoms with Crippen LogP contribution in [0.4, 0.5) is 10.2 Å². The van der Waals surface area contributed by atoms with Crippen molar-refractivity contribution in [2.45, 2.75) is 31.9 Å². The van der Waals surface area contributed by atoms with Gasteiger partial charge < -0.3 is 24.5 Å². The van der Waals surface area contributed by atoms with Crippen LogP contribution in [0.3, 0.4) is 0 Å². The molecule has 41 heavy (non-hydrogen) atoms. The Kier molecular flexibility index (Phi) is 8.70. The number of hydrogen-bond acceptors (Lipinski definition) is 10. The van der Waals surface area contributed by atoms with Gasteiger partial charge in [-0.1, -0.05) is 48.5 Å². The van der Waals surface area contributed by atoms with E-state index in [1.165, 1.54) is 17.2 Å². The van der Waals surface area contributed by atoms with Gasteiger partial charge in [-0.3, -0.25) is 13.9 Å². The number of nitrogens with zero attached hydrogens (tertiary/aromatic N) is 4. The van der Waals surface area contributed by atoms with Crippen molar-refractivity contribution in [3.63, 3.8) is 0 Å². The largest absolute Gasteiger partial charge is 0.465 e. The summed E-state index contributed by atoms with van der Waals surface area (Å²) in [5, 5.41) is 2.83. The molecule has 4 atom stereocenters. The Morgan fingerprint density at radius 3 is 2.61 bits per heavy atom. The number of aromatic nitrogens is 4. The van der Waals surface area contributed by atoms with E-state index in [0.717, 1.165) is 11.6 Å². The van der Waals surface area contributed by atoms with E-state index in [4.69, 9.17) is 24.5 Å². The second-order valence-corrected chi connectivity index (χ2v) is 11.0. The Morgan fingerprint density at radius 1 is 1.15 bits per heavy atom. The Morgan fingerprint density at radius 2 is 1.88 bits per heavy atom. The lowest BCUT2D eigenvalue weighted by molar-refractivity contribution is -0.145. The first kappa shape index (κ1) is 28.4. The first-order chi connectivity index (χ1) is 19.8. The van der Waals surface area contributed by atoms with Crippen molar-refractivity contribution in [1.82, 2.24) is 24.6 Å². The van der Waals surface area contributed by atoms with Crippen molar-refractivity contribution < 1.29 is 32.5 Å². The van der Waals surface area contributed by atoms with Gasteiger partial charge in [0.25, 0.3) is 0 Å². The summed E-state index contributed by atoms with van der Waals surface area (Å²) in [4.78, 5) is 25.0. The number of anilines is 1. The monoisotopic (exact) mass is 582 g/mol. The van der Waals surface area contributed by atoms with E-state index in [1.54, 1.807) is 37.3 Å². The third-order valence-corrected chi connectivity index (χ3v) is 7.74. The number of nitrogen functional groups attached to an aromatic ring is 1. The van der Waals surface area contributed by atoms with Crippen molar-refractivity contribution in [1.29, 1.82) is 0 Å². The molecule has 214 valence electrons. The molecule has 0 radical (unpaired) electrons. The number of hydrogen-bond donors (Lipinski definition) is 2. The number of esters is 1. The molecule has 2 unspecified atom stereocenters. The van der Waals surface area contributed by atoms with Crippen LogP contribution < -0.4 is 15.3 Å². The molecule has 0 fully saturated rings. The predicted octanol–water partition coefficient (Wildman–Crippen LogP) is 4.13. The summed E-state index contributed by atoms with van der Waals surface area (Å²) in [6, 6.07) is 16.6. The fraction of sp³-hybridized carbons (Fsp3) is 0.259. The van der Waals surface area contributed by atoms with Gasteiger partial charge in [0, 0.05) is 6.08 Å².